The molecule has 0 atom stereocenters. The number of carboxylic acid groups (broad SMARTS) is 1. The van der Waals surface area contributed by atoms with E-state index in [1.807, 2.05) is 6.26 Å². The van der Waals surface area contributed by atoms with Crippen LogP contribution in [-0.2, 0) is 14.3 Å². The maximum atomic E-state index is 11.6. The van der Waals surface area contributed by atoms with Crippen LogP contribution in [0.5, 0.6) is 0 Å². The van der Waals surface area contributed by atoms with Crippen LogP contribution in [0.25, 0.3) is 0 Å². The summed E-state index contributed by atoms with van der Waals surface area (Å²) >= 11 is 1.70. The summed E-state index contributed by atoms with van der Waals surface area (Å²) < 4.78 is 5.18. The number of ether oxygens (including phenoxy) is 1. The van der Waals surface area contributed by atoms with Crippen LogP contribution in [0.4, 0.5) is 0 Å². The van der Waals surface area contributed by atoms with Crippen molar-refractivity contribution in [3.8, 4) is 0 Å². The van der Waals surface area contributed by atoms with Gasteiger partial charge in [0.1, 0.15) is 0 Å². The van der Waals surface area contributed by atoms with Gasteiger partial charge >= 0.3 is 5.97 Å². The predicted molar refractivity (Wildman–Crippen MR) is 70.7 cm³/mol. The van der Waals surface area contributed by atoms with Gasteiger partial charge in [-0.3, -0.25) is 9.59 Å². The first-order valence-corrected chi connectivity index (χ1v) is 7.57. The van der Waals surface area contributed by atoms with Crippen molar-refractivity contribution in [1.82, 2.24) is 5.32 Å². The van der Waals surface area contributed by atoms with Crippen LogP contribution in [0, 0.1) is 5.41 Å². The Morgan fingerprint density at radius 3 is 2.61 bits per heavy atom. The lowest BCUT2D eigenvalue weighted by molar-refractivity contribution is -0.154. The molecule has 1 heterocycles. The molecular formula is C12H21NO4S. The summed E-state index contributed by atoms with van der Waals surface area (Å²) in [5, 5.41) is 12.1. The van der Waals surface area contributed by atoms with Gasteiger partial charge in [-0.15, -0.1) is 0 Å². The molecule has 0 aromatic carbocycles. The number of carboxylic acids is 1. The van der Waals surface area contributed by atoms with Crippen molar-refractivity contribution < 1.29 is 19.4 Å². The van der Waals surface area contributed by atoms with E-state index in [9.17, 15) is 14.7 Å². The van der Waals surface area contributed by atoms with Crippen LogP contribution in [0.15, 0.2) is 0 Å². The second kappa shape index (κ2) is 7.63. The number of nitrogens with one attached hydrogen (secondary N) is 1. The van der Waals surface area contributed by atoms with E-state index < -0.39 is 11.4 Å². The summed E-state index contributed by atoms with van der Waals surface area (Å²) in [6.07, 6.45) is 4.23. The zero-order valence-corrected chi connectivity index (χ0v) is 11.6. The SMILES string of the molecule is CSCCCC(=O)NCC1(C(=O)O)CCOCC1. The summed E-state index contributed by atoms with van der Waals surface area (Å²) in [5.74, 6) is 0.0529. The van der Waals surface area contributed by atoms with Crippen molar-refractivity contribution >= 4 is 23.6 Å². The van der Waals surface area contributed by atoms with Gasteiger partial charge in [-0.2, -0.15) is 11.8 Å². The highest BCUT2D eigenvalue weighted by molar-refractivity contribution is 7.98. The number of hydrogen-bond acceptors (Lipinski definition) is 4. The van der Waals surface area contributed by atoms with E-state index in [-0.39, 0.29) is 12.5 Å². The number of hydrogen-bond donors (Lipinski definition) is 2. The minimum absolute atomic E-state index is 0.0591. The molecule has 0 radical (unpaired) electrons. The van der Waals surface area contributed by atoms with Gasteiger partial charge in [0.05, 0.1) is 5.41 Å². The minimum atomic E-state index is -0.840. The van der Waals surface area contributed by atoms with Gasteiger partial charge in [0.25, 0.3) is 0 Å². The van der Waals surface area contributed by atoms with Crippen LogP contribution < -0.4 is 5.32 Å². The largest absolute Gasteiger partial charge is 0.481 e. The average molecular weight is 275 g/mol. The van der Waals surface area contributed by atoms with Crippen molar-refractivity contribution in [2.75, 3.05) is 31.8 Å². The molecule has 0 unspecified atom stereocenters. The van der Waals surface area contributed by atoms with Gasteiger partial charge in [0.2, 0.25) is 5.91 Å². The lowest BCUT2D eigenvalue weighted by atomic mass is 9.80. The van der Waals surface area contributed by atoms with E-state index >= 15 is 0 Å². The molecule has 1 aliphatic heterocycles. The van der Waals surface area contributed by atoms with Gasteiger partial charge < -0.3 is 15.2 Å². The van der Waals surface area contributed by atoms with Crippen molar-refractivity contribution in [3.63, 3.8) is 0 Å². The summed E-state index contributed by atoms with van der Waals surface area (Å²) in [5.41, 5.74) is -0.840. The smallest absolute Gasteiger partial charge is 0.311 e. The second-order valence-corrected chi connectivity index (χ2v) is 5.56. The molecule has 1 amide bonds. The van der Waals surface area contributed by atoms with Crippen LogP contribution >= 0.6 is 11.8 Å². The van der Waals surface area contributed by atoms with Crippen molar-refractivity contribution in [1.29, 1.82) is 0 Å². The summed E-state index contributed by atoms with van der Waals surface area (Å²) in [6.45, 7) is 1.12. The first kappa shape index (κ1) is 15.3. The van der Waals surface area contributed by atoms with Gasteiger partial charge in [-0.05, 0) is 31.3 Å². The van der Waals surface area contributed by atoms with Crippen molar-refractivity contribution in [2.45, 2.75) is 25.7 Å². The first-order chi connectivity index (χ1) is 8.60. The standard InChI is InChI=1S/C12H21NO4S/c1-18-8-2-3-10(14)13-9-12(11(15)16)4-6-17-7-5-12/h2-9H2,1H3,(H,13,14)(H,15,16). The third-order valence-corrected chi connectivity index (χ3v) is 3.98. The highest BCUT2D eigenvalue weighted by atomic mass is 32.2. The van der Waals surface area contributed by atoms with Gasteiger partial charge in [-0.25, -0.2) is 0 Å². The Morgan fingerprint density at radius 1 is 1.39 bits per heavy atom. The predicted octanol–water partition coefficient (Wildman–Crippen LogP) is 1.13. The number of carbonyl (C=O) groups excluding carboxylic acids is 1. The molecule has 0 saturated carbocycles. The van der Waals surface area contributed by atoms with Crippen LogP contribution in [-0.4, -0.2) is 48.8 Å². The number of thioether (sulfide) groups is 1. The molecule has 5 nitrogen and oxygen atoms in total. The number of carbonyl (C=O) groups is 2. The topological polar surface area (TPSA) is 75.6 Å². The maximum Gasteiger partial charge on any atom is 0.311 e. The molecule has 0 bridgehead atoms. The molecule has 1 saturated heterocycles. The molecule has 104 valence electrons. The Hall–Kier alpha value is -0.750. The minimum Gasteiger partial charge on any atom is -0.481 e. The van der Waals surface area contributed by atoms with E-state index in [0.29, 0.717) is 32.5 Å². The van der Waals surface area contributed by atoms with Crippen LogP contribution in [0.2, 0.25) is 0 Å². The molecule has 0 aliphatic carbocycles. The molecule has 18 heavy (non-hydrogen) atoms. The number of rotatable bonds is 7. The fourth-order valence-corrected chi connectivity index (χ4v) is 2.39. The normalized spacial score (nSPS) is 18.3. The Labute approximate surface area is 112 Å². The molecule has 1 fully saturated rings. The van der Waals surface area contributed by atoms with E-state index in [1.165, 1.54) is 0 Å². The average Bonchev–Trinajstić information content (AvgIpc) is 2.37. The third-order valence-electron chi connectivity index (χ3n) is 3.28. The highest BCUT2D eigenvalue weighted by Crippen LogP contribution is 2.30. The number of aliphatic carboxylic acids is 1. The Bertz CT molecular complexity index is 290. The third kappa shape index (κ3) is 4.49. The molecule has 0 aromatic rings. The highest BCUT2D eigenvalue weighted by Gasteiger charge is 2.40. The quantitative estimate of drug-likeness (QED) is 0.681. The Morgan fingerprint density at radius 2 is 2.06 bits per heavy atom. The maximum absolute atomic E-state index is 11.6. The lowest BCUT2D eigenvalue weighted by Gasteiger charge is -2.33. The van der Waals surface area contributed by atoms with Crippen LogP contribution in [0.1, 0.15) is 25.7 Å². The van der Waals surface area contributed by atoms with Crippen LogP contribution in [0.3, 0.4) is 0 Å². The van der Waals surface area contributed by atoms with E-state index in [0.717, 1.165) is 12.2 Å². The zero-order chi connectivity index (χ0) is 13.4. The fourth-order valence-electron chi connectivity index (χ4n) is 1.96. The Kier molecular flexibility index (Phi) is 6.49. The lowest BCUT2D eigenvalue weighted by Crippen LogP contribution is -2.46. The van der Waals surface area contributed by atoms with E-state index in [2.05, 4.69) is 5.32 Å². The summed E-state index contributed by atoms with van der Waals surface area (Å²) in [4.78, 5) is 22.9. The first-order valence-electron chi connectivity index (χ1n) is 6.17. The summed E-state index contributed by atoms with van der Waals surface area (Å²) in [6, 6.07) is 0. The summed E-state index contributed by atoms with van der Waals surface area (Å²) in [7, 11) is 0. The van der Waals surface area contributed by atoms with E-state index in [4.69, 9.17) is 4.74 Å². The zero-order valence-electron chi connectivity index (χ0n) is 10.7. The molecule has 1 rings (SSSR count). The molecule has 6 heteroatoms. The monoisotopic (exact) mass is 275 g/mol. The molecule has 2 N–H and O–H groups in total. The van der Waals surface area contributed by atoms with Gasteiger partial charge in [0.15, 0.2) is 0 Å². The van der Waals surface area contributed by atoms with Crippen molar-refractivity contribution in [3.05, 3.63) is 0 Å². The van der Waals surface area contributed by atoms with Gasteiger partial charge in [-0.1, -0.05) is 0 Å². The van der Waals surface area contributed by atoms with Gasteiger partial charge in [0, 0.05) is 26.2 Å². The molecule has 0 aromatic heterocycles. The van der Waals surface area contributed by atoms with Crippen molar-refractivity contribution in [2.24, 2.45) is 5.41 Å². The molecule has 0 spiro atoms. The Balaban J connectivity index is 2.38. The second-order valence-electron chi connectivity index (χ2n) is 4.57. The molecule has 1 aliphatic rings. The fraction of sp³-hybridized carbons (Fsp3) is 0.833. The number of amides is 1. The van der Waals surface area contributed by atoms with E-state index in [1.54, 1.807) is 11.8 Å². The molecular weight excluding hydrogens is 254 g/mol.